The minimum absolute atomic E-state index is 0.382. The van der Waals surface area contributed by atoms with E-state index in [0.717, 1.165) is 12.8 Å². The molecule has 0 heterocycles. The second-order valence-corrected chi connectivity index (χ2v) is 4.52. The fourth-order valence-corrected chi connectivity index (χ4v) is 1.93. The number of ether oxygens (including phenoxy) is 2. The Hall–Kier alpha value is -2.29. The Balaban J connectivity index is 2.06. The highest BCUT2D eigenvalue weighted by molar-refractivity contribution is 5.91. The Morgan fingerprint density at radius 3 is 2.45 bits per heavy atom. The smallest absolute Gasteiger partial charge is 0.343 e. The van der Waals surface area contributed by atoms with Crippen molar-refractivity contribution in [2.24, 2.45) is 0 Å². The van der Waals surface area contributed by atoms with E-state index in [9.17, 15) is 4.79 Å². The van der Waals surface area contributed by atoms with Crippen molar-refractivity contribution >= 4 is 5.97 Å². The summed E-state index contributed by atoms with van der Waals surface area (Å²) in [6.07, 6.45) is 2.13. The van der Waals surface area contributed by atoms with Crippen LogP contribution in [0.1, 0.15) is 29.3 Å². The number of hydrogen-bond acceptors (Lipinski definition) is 3. The van der Waals surface area contributed by atoms with Gasteiger partial charge in [0.25, 0.3) is 0 Å². The van der Waals surface area contributed by atoms with Gasteiger partial charge in [-0.1, -0.05) is 31.5 Å². The van der Waals surface area contributed by atoms with Gasteiger partial charge >= 0.3 is 5.97 Å². The molecule has 0 bridgehead atoms. The molecule has 0 amide bonds. The number of hydrogen-bond donors (Lipinski definition) is 0. The van der Waals surface area contributed by atoms with Crippen molar-refractivity contribution in [1.29, 1.82) is 0 Å². The number of rotatable bonds is 5. The van der Waals surface area contributed by atoms with E-state index < -0.39 is 0 Å². The van der Waals surface area contributed by atoms with E-state index in [1.54, 1.807) is 31.4 Å². The van der Waals surface area contributed by atoms with Gasteiger partial charge < -0.3 is 9.47 Å². The predicted molar refractivity (Wildman–Crippen MR) is 78.4 cm³/mol. The van der Waals surface area contributed by atoms with Gasteiger partial charge in [-0.15, -0.1) is 0 Å². The molecule has 0 aliphatic carbocycles. The number of esters is 1. The summed E-state index contributed by atoms with van der Waals surface area (Å²) in [4.78, 5) is 12.0. The molecule has 0 N–H and O–H groups in total. The SMILES string of the molecule is CCCc1ccc(OC(=O)c2cccc(OC)c2)cc1. The van der Waals surface area contributed by atoms with Crippen LogP contribution in [0.5, 0.6) is 11.5 Å². The second kappa shape index (κ2) is 6.75. The lowest BCUT2D eigenvalue weighted by Gasteiger charge is -2.06. The first-order valence-corrected chi connectivity index (χ1v) is 6.68. The first-order chi connectivity index (χ1) is 9.72. The number of carbonyl (C=O) groups is 1. The van der Waals surface area contributed by atoms with E-state index >= 15 is 0 Å². The first kappa shape index (κ1) is 14.1. The molecule has 0 unspecified atom stereocenters. The number of methoxy groups -OCH3 is 1. The summed E-state index contributed by atoms with van der Waals surface area (Å²) >= 11 is 0. The van der Waals surface area contributed by atoms with Crippen molar-refractivity contribution in [2.75, 3.05) is 7.11 Å². The van der Waals surface area contributed by atoms with Gasteiger partial charge in [0.15, 0.2) is 0 Å². The fraction of sp³-hybridized carbons (Fsp3) is 0.235. The zero-order chi connectivity index (χ0) is 14.4. The molecule has 0 radical (unpaired) electrons. The van der Waals surface area contributed by atoms with Gasteiger partial charge in [0.05, 0.1) is 12.7 Å². The summed E-state index contributed by atoms with van der Waals surface area (Å²) in [5.74, 6) is 0.808. The molecule has 2 rings (SSSR count). The van der Waals surface area contributed by atoms with E-state index in [1.807, 2.05) is 24.3 Å². The van der Waals surface area contributed by atoms with Crippen LogP contribution < -0.4 is 9.47 Å². The van der Waals surface area contributed by atoms with E-state index in [-0.39, 0.29) is 5.97 Å². The molecule has 3 nitrogen and oxygen atoms in total. The molecule has 0 spiro atoms. The normalized spacial score (nSPS) is 10.1. The third-order valence-electron chi connectivity index (χ3n) is 2.98. The number of carbonyl (C=O) groups excluding carboxylic acids is 1. The molecule has 104 valence electrons. The Labute approximate surface area is 119 Å². The van der Waals surface area contributed by atoms with Crippen LogP contribution in [-0.4, -0.2) is 13.1 Å². The molecule has 0 saturated carbocycles. The number of benzene rings is 2. The van der Waals surface area contributed by atoms with Crippen LogP contribution in [0.15, 0.2) is 48.5 Å². The first-order valence-electron chi connectivity index (χ1n) is 6.68. The molecule has 0 fully saturated rings. The van der Waals surface area contributed by atoms with Crippen molar-refractivity contribution < 1.29 is 14.3 Å². The molecule has 0 atom stereocenters. The number of aryl methyl sites for hydroxylation is 1. The summed E-state index contributed by atoms with van der Waals surface area (Å²) in [6, 6.07) is 14.5. The zero-order valence-corrected chi connectivity index (χ0v) is 11.8. The molecule has 3 heteroatoms. The van der Waals surface area contributed by atoms with Gasteiger partial charge in [-0.3, -0.25) is 0 Å². The molecule has 0 aliphatic heterocycles. The second-order valence-electron chi connectivity index (χ2n) is 4.52. The van der Waals surface area contributed by atoms with E-state index in [2.05, 4.69) is 6.92 Å². The highest BCUT2D eigenvalue weighted by Crippen LogP contribution is 2.17. The lowest BCUT2D eigenvalue weighted by Crippen LogP contribution is -2.08. The van der Waals surface area contributed by atoms with E-state index in [0.29, 0.717) is 17.1 Å². The van der Waals surface area contributed by atoms with Crippen LogP contribution in [0.25, 0.3) is 0 Å². The van der Waals surface area contributed by atoms with Gasteiger partial charge in [0, 0.05) is 0 Å². The van der Waals surface area contributed by atoms with Gasteiger partial charge in [0.1, 0.15) is 11.5 Å². The summed E-state index contributed by atoms with van der Waals surface area (Å²) in [5.41, 5.74) is 1.72. The van der Waals surface area contributed by atoms with Crippen LogP contribution in [-0.2, 0) is 6.42 Å². The maximum absolute atomic E-state index is 12.0. The molecule has 2 aromatic carbocycles. The standard InChI is InChI=1S/C17H18O3/c1-3-5-13-8-10-15(11-9-13)20-17(18)14-6-4-7-16(12-14)19-2/h4,6-12H,3,5H2,1-2H3. The molecule has 0 saturated heterocycles. The zero-order valence-electron chi connectivity index (χ0n) is 11.8. The highest BCUT2D eigenvalue weighted by Gasteiger charge is 2.09. The average molecular weight is 270 g/mol. The molecular formula is C17H18O3. The molecular weight excluding hydrogens is 252 g/mol. The predicted octanol–water partition coefficient (Wildman–Crippen LogP) is 3.87. The minimum Gasteiger partial charge on any atom is -0.497 e. The van der Waals surface area contributed by atoms with Crippen molar-refractivity contribution in [3.63, 3.8) is 0 Å². The Morgan fingerprint density at radius 2 is 1.80 bits per heavy atom. The van der Waals surface area contributed by atoms with Crippen LogP contribution in [0.4, 0.5) is 0 Å². The summed E-state index contributed by atoms with van der Waals surface area (Å²) in [5, 5.41) is 0. The van der Waals surface area contributed by atoms with Gasteiger partial charge in [0.2, 0.25) is 0 Å². The molecule has 0 aromatic heterocycles. The van der Waals surface area contributed by atoms with Crippen molar-refractivity contribution in [2.45, 2.75) is 19.8 Å². The summed E-state index contributed by atoms with van der Waals surface area (Å²) in [7, 11) is 1.57. The van der Waals surface area contributed by atoms with Gasteiger partial charge in [-0.2, -0.15) is 0 Å². The van der Waals surface area contributed by atoms with Crippen molar-refractivity contribution in [3.05, 3.63) is 59.7 Å². The monoisotopic (exact) mass is 270 g/mol. The maximum atomic E-state index is 12.0. The third-order valence-corrected chi connectivity index (χ3v) is 2.98. The Bertz CT molecular complexity index is 573. The van der Waals surface area contributed by atoms with Crippen LogP contribution in [0.2, 0.25) is 0 Å². The van der Waals surface area contributed by atoms with Crippen LogP contribution >= 0.6 is 0 Å². The Kier molecular flexibility index (Phi) is 4.77. The van der Waals surface area contributed by atoms with Gasteiger partial charge in [-0.05, 0) is 42.3 Å². The molecule has 2 aromatic rings. The molecule has 0 aliphatic rings. The fourth-order valence-electron chi connectivity index (χ4n) is 1.93. The third kappa shape index (κ3) is 3.60. The summed E-state index contributed by atoms with van der Waals surface area (Å²) in [6.45, 7) is 2.14. The lowest BCUT2D eigenvalue weighted by molar-refractivity contribution is 0.0734. The highest BCUT2D eigenvalue weighted by atomic mass is 16.5. The summed E-state index contributed by atoms with van der Waals surface area (Å²) < 4.78 is 10.4. The topological polar surface area (TPSA) is 35.5 Å². The average Bonchev–Trinajstić information content (AvgIpc) is 2.49. The van der Waals surface area contributed by atoms with Crippen molar-refractivity contribution in [3.8, 4) is 11.5 Å². The van der Waals surface area contributed by atoms with Crippen LogP contribution in [0, 0.1) is 0 Å². The Morgan fingerprint density at radius 1 is 1.05 bits per heavy atom. The lowest BCUT2D eigenvalue weighted by atomic mass is 10.1. The molecule has 20 heavy (non-hydrogen) atoms. The largest absolute Gasteiger partial charge is 0.497 e. The quantitative estimate of drug-likeness (QED) is 0.611. The van der Waals surface area contributed by atoms with E-state index in [4.69, 9.17) is 9.47 Å². The minimum atomic E-state index is -0.382. The van der Waals surface area contributed by atoms with Crippen LogP contribution in [0.3, 0.4) is 0 Å². The van der Waals surface area contributed by atoms with Crippen molar-refractivity contribution in [1.82, 2.24) is 0 Å². The van der Waals surface area contributed by atoms with Gasteiger partial charge in [-0.25, -0.2) is 4.79 Å². The van der Waals surface area contributed by atoms with E-state index in [1.165, 1.54) is 5.56 Å². The maximum Gasteiger partial charge on any atom is 0.343 e.